The number of ether oxygens (including phenoxy) is 1. The summed E-state index contributed by atoms with van der Waals surface area (Å²) in [5, 5.41) is 21.7. The van der Waals surface area contributed by atoms with E-state index >= 15 is 0 Å². The van der Waals surface area contributed by atoms with Crippen molar-refractivity contribution in [2.24, 2.45) is 0 Å². The van der Waals surface area contributed by atoms with Gasteiger partial charge in [-0.15, -0.1) is 0 Å². The Morgan fingerprint density at radius 2 is 1.64 bits per heavy atom. The molecule has 0 heterocycles. The van der Waals surface area contributed by atoms with Crippen LogP contribution in [0.1, 0.15) is 43.7 Å². The first kappa shape index (κ1) is 24.3. The summed E-state index contributed by atoms with van der Waals surface area (Å²) < 4.78 is 5.42. The third-order valence-electron chi connectivity index (χ3n) is 5.98. The van der Waals surface area contributed by atoms with Crippen molar-refractivity contribution in [2.45, 2.75) is 44.8 Å². The van der Waals surface area contributed by atoms with Crippen molar-refractivity contribution in [3.8, 4) is 11.1 Å². The normalized spacial score (nSPS) is 14.0. The third-order valence-corrected chi connectivity index (χ3v) is 5.98. The number of carbonyl (C=O) groups is 3. The Kier molecular flexibility index (Phi) is 8.06. The summed E-state index contributed by atoms with van der Waals surface area (Å²) in [4.78, 5) is 36.9. The van der Waals surface area contributed by atoms with Gasteiger partial charge in [0.2, 0.25) is 5.91 Å². The van der Waals surface area contributed by atoms with E-state index in [0.717, 1.165) is 22.3 Å². The number of carbonyl (C=O) groups excluding carboxylic acids is 2. The Bertz CT molecular complexity index is 962. The van der Waals surface area contributed by atoms with Gasteiger partial charge in [-0.25, -0.2) is 4.79 Å². The number of alkyl carbamates (subject to hydrolysis) is 1. The van der Waals surface area contributed by atoms with E-state index in [-0.39, 0.29) is 31.5 Å². The molecule has 2 aromatic carbocycles. The van der Waals surface area contributed by atoms with Crippen LogP contribution in [-0.2, 0) is 14.3 Å². The number of rotatable bonds is 10. The molecule has 2 aromatic rings. The Morgan fingerprint density at radius 1 is 1.06 bits per heavy atom. The van der Waals surface area contributed by atoms with E-state index in [9.17, 15) is 19.5 Å². The molecule has 0 spiro atoms. The Labute approximate surface area is 193 Å². The highest BCUT2D eigenvalue weighted by Crippen LogP contribution is 2.44. The van der Waals surface area contributed by atoms with Crippen molar-refractivity contribution in [1.29, 1.82) is 0 Å². The summed E-state index contributed by atoms with van der Waals surface area (Å²) in [6.07, 6.45) is -1.54. The third kappa shape index (κ3) is 5.90. The lowest BCUT2D eigenvalue weighted by atomic mass is 9.98. The van der Waals surface area contributed by atoms with Crippen molar-refractivity contribution in [3.63, 3.8) is 0 Å². The zero-order valence-electron chi connectivity index (χ0n) is 18.9. The number of nitrogens with zero attached hydrogens (tertiary/aromatic N) is 1. The average Bonchev–Trinajstić information content (AvgIpc) is 3.13. The number of nitrogens with one attached hydrogen (secondary N) is 1. The lowest BCUT2D eigenvalue weighted by Gasteiger charge is -2.27. The van der Waals surface area contributed by atoms with E-state index < -0.39 is 30.6 Å². The lowest BCUT2D eigenvalue weighted by molar-refractivity contribution is -0.147. The highest BCUT2D eigenvalue weighted by Gasteiger charge is 2.29. The van der Waals surface area contributed by atoms with Crippen LogP contribution in [0.5, 0.6) is 0 Å². The van der Waals surface area contributed by atoms with Crippen molar-refractivity contribution in [3.05, 3.63) is 59.7 Å². The van der Waals surface area contributed by atoms with Gasteiger partial charge in [0.25, 0.3) is 0 Å². The zero-order chi connectivity index (χ0) is 24.0. The summed E-state index contributed by atoms with van der Waals surface area (Å²) >= 11 is 0. The van der Waals surface area contributed by atoms with Crippen LogP contribution in [0.2, 0.25) is 0 Å². The highest BCUT2D eigenvalue weighted by molar-refractivity contribution is 5.82. The van der Waals surface area contributed by atoms with Crippen molar-refractivity contribution in [2.75, 3.05) is 19.7 Å². The second-order valence-corrected chi connectivity index (χ2v) is 8.24. The molecule has 8 heteroatoms. The van der Waals surface area contributed by atoms with Crippen LogP contribution in [0.3, 0.4) is 0 Å². The molecule has 2 unspecified atom stereocenters. The van der Waals surface area contributed by atoms with E-state index in [0.29, 0.717) is 6.42 Å². The number of aliphatic hydroxyl groups excluding tert-OH is 1. The maximum absolute atomic E-state index is 12.4. The molecule has 3 rings (SSSR count). The molecule has 0 saturated heterocycles. The molecular weight excluding hydrogens is 424 g/mol. The molecule has 0 fully saturated rings. The molecule has 2 amide bonds. The number of amides is 2. The number of fused-ring (bicyclic) bond motifs is 3. The molecule has 1 aliphatic carbocycles. The molecule has 176 valence electrons. The summed E-state index contributed by atoms with van der Waals surface area (Å²) in [7, 11) is 0. The van der Waals surface area contributed by atoms with Gasteiger partial charge in [0.05, 0.1) is 12.5 Å². The molecule has 0 aromatic heterocycles. The van der Waals surface area contributed by atoms with Gasteiger partial charge in [-0.3, -0.25) is 9.59 Å². The molecule has 1 aliphatic rings. The minimum absolute atomic E-state index is 0.0743. The van der Waals surface area contributed by atoms with Gasteiger partial charge < -0.3 is 25.2 Å². The maximum atomic E-state index is 12.4. The van der Waals surface area contributed by atoms with Gasteiger partial charge in [-0.2, -0.15) is 0 Å². The topological polar surface area (TPSA) is 116 Å². The van der Waals surface area contributed by atoms with E-state index in [1.807, 2.05) is 43.3 Å². The van der Waals surface area contributed by atoms with Gasteiger partial charge in [-0.05, 0) is 35.6 Å². The second kappa shape index (κ2) is 11.0. The van der Waals surface area contributed by atoms with E-state index in [1.165, 1.54) is 4.90 Å². The maximum Gasteiger partial charge on any atom is 0.407 e. The minimum Gasteiger partial charge on any atom is -0.480 e. The Morgan fingerprint density at radius 3 is 2.18 bits per heavy atom. The number of benzene rings is 2. The summed E-state index contributed by atoms with van der Waals surface area (Å²) in [6.45, 7) is 3.14. The number of hydrogen-bond acceptors (Lipinski definition) is 5. The lowest BCUT2D eigenvalue weighted by Crippen LogP contribution is -2.44. The van der Waals surface area contributed by atoms with E-state index in [2.05, 4.69) is 17.4 Å². The summed E-state index contributed by atoms with van der Waals surface area (Å²) in [6, 6.07) is 15.8. The van der Waals surface area contributed by atoms with Crippen LogP contribution in [0.25, 0.3) is 11.1 Å². The number of aliphatic carboxylic acids is 1. The summed E-state index contributed by atoms with van der Waals surface area (Å²) in [5.74, 6) is -1.67. The van der Waals surface area contributed by atoms with Crippen LogP contribution >= 0.6 is 0 Å². The monoisotopic (exact) mass is 454 g/mol. The number of hydrogen-bond donors (Lipinski definition) is 3. The molecule has 0 bridgehead atoms. The fourth-order valence-electron chi connectivity index (χ4n) is 4.10. The van der Waals surface area contributed by atoms with Gasteiger partial charge in [0, 0.05) is 18.5 Å². The molecule has 2 atom stereocenters. The summed E-state index contributed by atoms with van der Waals surface area (Å²) in [5.41, 5.74) is 4.45. The first-order valence-corrected chi connectivity index (χ1v) is 11.1. The van der Waals surface area contributed by atoms with Gasteiger partial charge in [0.1, 0.15) is 13.2 Å². The number of aliphatic hydroxyl groups is 1. The van der Waals surface area contributed by atoms with Gasteiger partial charge in [-0.1, -0.05) is 55.5 Å². The van der Waals surface area contributed by atoms with Crippen LogP contribution in [0.15, 0.2) is 48.5 Å². The minimum atomic E-state index is -1.15. The van der Waals surface area contributed by atoms with Crippen molar-refractivity contribution in [1.82, 2.24) is 10.2 Å². The largest absolute Gasteiger partial charge is 0.480 e. The quantitative estimate of drug-likeness (QED) is 0.508. The van der Waals surface area contributed by atoms with Crippen LogP contribution in [-0.4, -0.2) is 64.9 Å². The van der Waals surface area contributed by atoms with E-state index in [1.54, 1.807) is 6.92 Å². The van der Waals surface area contributed by atoms with Crippen LogP contribution in [0.4, 0.5) is 4.79 Å². The van der Waals surface area contributed by atoms with Crippen LogP contribution in [0, 0.1) is 0 Å². The average molecular weight is 455 g/mol. The molecule has 3 N–H and O–H groups in total. The van der Waals surface area contributed by atoms with Crippen molar-refractivity contribution >= 4 is 18.0 Å². The highest BCUT2D eigenvalue weighted by atomic mass is 16.5. The van der Waals surface area contributed by atoms with E-state index in [4.69, 9.17) is 9.84 Å². The molecule has 0 radical (unpaired) electrons. The second-order valence-electron chi connectivity index (χ2n) is 8.24. The molecule has 0 aliphatic heterocycles. The molecule has 33 heavy (non-hydrogen) atoms. The fourth-order valence-corrected chi connectivity index (χ4v) is 4.10. The Balaban J connectivity index is 1.51. The number of carboxylic acids is 1. The predicted molar refractivity (Wildman–Crippen MR) is 123 cm³/mol. The first-order chi connectivity index (χ1) is 15.8. The zero-order valence-corrected chi connectivity index (χ0v) is 18.9. The molecular formula is C25H30N2O6. The van der Waals surface area contributed by atoms with Crippen molar-refractivity contribution < 1.29 is 29.3 Å². The SMILES string of the molecule is CCC(C)N(CC(=O)O)C(=O)CC(O)CNC(=O)OCC1c2ccccc2-c2ccccc21. The van der Waals surface area contributed by atoms with Gasteiger partial charge >= 0.3 is 12.1 Å². The number of carboxylic acid groups (broad SMARTS) is 1. The standard InChI is InChI=1S/C25H30N2O6/c1-3-16(2)27(14-24(30)31)23(29)12-17(28)13-26-25(32)33-15-22-20-10-6-4-8-18(20)19-9-5-7-11-21(19)22/h4-11,16-17,22,28H,3,12-15H2,1-2H3,(H,26,32)(H,30,31). The smallest absolute Gasteiger partial charge is 0.407 e. The van der Waals surface area contributed by atoms with Crippen LogP contribution < -0.4 is 5.32 Å². The molecule has 8 nitrogen and oxygen atoms in total. The first-order valence-electron chi connectivity index (χ1n) is 11.1. The predicted octanol–water partition coefficient (Wildman–Crippen LogP) is 2.99. The molecule has 0 saturated carbocycles. The Hall–Kier alpha value is -3.39. The fraction of sp³-hybridized carbons (Fsp3) is 0.400. The van der Waals surface area contributed by atoms with Gasteiger partial charge in [0.15, 0.2) is 0 Å².